The van der Waals surface area contributed by atoms with E-state index in [9.17, 15) is 0 Å². The van der Waals surface area contributed by atoms with Gasteiger partial charge in [0.15, 0.2) is 0 Å². The fourth-order valence-corrected chi connectivity index (χ4v) is 2.90. The van der Waals surface area contributed by atoms with E-state index in [0.29, 0.717) is 5.88 Å². The normalized spacial score (nSPS) is 10.6. The molecule has 0 radical (unpaired) electrons. The van der Waals surface area contributed by atoms with E-state index in [1.807, 2.05) is 18.2 Å². The molecule has 2 rings (SSSR count). The molecule has 1 aromatic heterocycles. The lowest BCUT2D eigenvalue weighted by molar-refractivity contribution is 0.916. The van der Waals surface area contributed by atoms with Gasteiger partial charge in [0, 0.05) is 27.7 Å². The van der Waals surface area contributed by atoms with Crippen molar-refractivity contribution >= 4 is 38.9 Å². The quantitative estimate of drug-likeness (QED) is 0.742. The Morgan fingerprint density at radius 1 is 1.31 bits per heavy atom. The van der Waals surface area contributed by atoms with Crippen LogP contribution in [0.25, 0.3) is 11.3 Å². The molecular formula is C12H11BrClNS. The molecule has 0 fully saturated rings. The third-order valence-corrected chi connectivity index (χ3v) is 4.09. The Morgan fingerprint density at radius 3 is 2.88 bits per heavy atom. The summed E-state index contributed by atoms with van der Waals surface area (Å²) in [7, 11) is 0. The summed E-state index contributed by atoms with van der Waals surface area (Å²) in [6, 6.07) is 8.14. The van der Waals surface area contributed by atoms with Gasteiger partial charge in [-0.3, -0.25) is 0 Å². The highest BCUT2D eigenvalue weighted by molar-refractivity contribution is 9.10. The number of aromatic nitrogens is 1. The molecule has 0 N–H and O–H groups in total. The highest BCUT2D eigenvalue weighted by Crippen LogP contribution is 2.29. The Hall–Kier alpha value is -0.380. The summed E-state index contributed by atoms with van der Waals surface area (Å²) < 4.78 is 1.09. The molecule has 0 amide bonds. The van der Waals surface area contributed by atoms with Gasteiger partial charge >= 0.3 is 0 Å². The van der Waals surface area contributed by atoms with Gasteiger partial charge in [-0.15, -0.1) is 22.9 Å². The molecule has 2 aromatic rings. The van der Waals surface area contributed by atoms with Crippen LogP contribution in [-0.2, 0) is 6.42 Å². The molecule has 1 nitrogen and oxygen atoms in total. The smallest absolute Gasteiger partial charge is 0.0933 e. The van der Waals surface area contributed by atoms with E-state index in [1.54, 1.807) is 11.3 Å². The van der Waals surface area contributed by atoms with Crippen molar-refractivity contribution in [1.29, 1.82) is 0 Å². The number of thiazole rings is 1. The first-order valence-electron chi connectivity index (χ1n) is 5.06. The average Bonchev–Trinajstić information content (AvgIpc) is 2.75. The molecule has 16 heavy (non-hydrogen) atoms. The van der Waals surface area contributed by atoms with Crippen LogP contribution in [0.15, 0.2) is 34.1 Å². The zero-order chi connectivity index (χ0) is 11.4. The molecule has 84 valence electrons. The van der Waals surface area contributed by atoms with Gasteiger partial charge < -0.3 is 0 Å². The summed E-state index contributed by atoms with van der Waals surface area (Å²) in [5.41, 5.74) is 2.19. The molecule has 0 bridgehead atoms. The highest BCUT2D eigenvalue weighted by atomic mass is 79.9. The van der Waals surface area contributed by atoms with Crippen LogP contribution in [0.4, 0.5) is 0 Å². The van der Waals surface area contributed by atoms with Crippen molar-refractivity contribution in [1.82, 2.24) is 4.98 Å². The van der Waals surface area contributed by atoms with Crippen molar-refractivity contribution in [3.8, 4) is 11.3 Å². The molecule has 4 heteroatoms. The fraction of sp³-hybridized carbons (Fsp3) is 0.250. The molecule has 0 spiro atoms. The second-order valence-electron chi connectivity index (χ2n) is 3.40. The van der Waals surface area contributed by atoms with E-state index in [1.165, 1.54) is 0 Å². The Labute approximate surface area is 113 Å². The molecule has 0 unspecified atom stereocenters. The van der Waals surface area contributed by atoms with Crippen LogP contribution in [0.5, 0.6) is 0 Å². The maximum Gasteiger partial charge on any atom is 0.0933 e. The number of halogens is 2. The Balaban J connectivity index is 2.22. The zero-order valence-corrected chi connectivity index (χ0v) is 11.8. The average molecular weight is 317 g/mol. The Morgan fingerprint density at radius 2 is 2.12 bits per heavy atom. The summed E-state index contributed by atoms with van der Waals surface area (Å²) in [5, 5.41) is 3.26. The van der Waals surface area contributed by atoms with Gasteiger partial charge in [-0.25, -0.2) is 4.98 Å². The van der Waals surface area contributed by atoms with Crippen molar-refractivity contribution in [2.45, 2.75) is 12.8 Å². The Kier molecular flexibility index (Phi) is 4.38. The predicted octanol–water partition coefficient (Wildman–Crippen LogP) is 4.74. The van der Waals surface area contributed by atoms with Crippen molar-refractivity contribution in [2.75, 3.05) is 5.88 Å². The second-order valence-corrected chi connectivity index (χ2v) is 5.57. The van der Waals surface area contributed by atoms with Crippen molar-refractivity contribution in [3.63, 3.8) is 0 Å². The van der Waals surface area contributed by atoms with Gasteiger partial charge in [0.1, 0.15) is 0 Å². The summed E-state index contributed by atoms with van der Waals surface area (Å²) in [6.45, 7) is 0. The lowest BCUT2D eigenvalue weighted by Gasteiger charge is -1.99. The maximum atomic E-state index is 5.67. The van der Waals surface area contributed by atoms with Crippen molar-refractivity contribution in [2.24, 2.45) is 0 Å². The molecule has 0 aliphatic heterocycles. The minimum absolute atomic E-state index is 0.698. The number of hydrogen-bond donors (Lipinski definition) is 0. The van der Waals surface area contributed by atoms with Crippen LogP contribution >= 0.6 is 38.9 Å². The second kappa shape index (κ2) is 5.80. The van der Waals surface area contributed by atoms with Crippen molar-refractivity contribution < 1.29 is 0 Å². The van der Waals surface area contributed by atoms with Crippen LogP contribution in [0.3, 0.4) is 0 Å². The van der Waals surface area contributed by atoms with Gasteiger partial charge in [-0.2, -0.15) is 0 Å². The largest absolute Gasteiger partial charge is 0.241 e. The van der Waals surface area contributed by atoms with Crippen LogP contribution in [0.2, 0.25) is 0 Å². The minimum atomic E-state index is 0.698. The van der Waals surface area contributed by atoms with Crippen molar-refractivity contribution in [3.05, 3.63) is 39.1 Å². The SMILES string of the molecule is ClCCCc1nc(-c2ccccc2Br)cs1. The lowest BCUT2D eigenvalue weighted by atomic mass is 10.2. The molecule has 0 aliphatic carbocycles. The molecular weight excluding hydrogens is 306 g/mol. The van der Waals surface area contributed by atoms with Gasteiger partial charge in [0.25, 0.3) is 0 Å². The summed E-state index contributed by atoms with van der Waals surface area (Å²) in [6.07, 6.45) is 1.96. The topological polar surface area (TPSA) is 12.9 Å². The zero-order valence-electron chi connectivity index (χ0n) is 8.62. The Bertz CT molecular complexity index is 470. The van der Waals surface area contributed by atoms with E-state index in [-0.39, 0.29) is 0 Å². The number of nitrogens with zero attached hydrogens (tertiary/aromatic N) is 1. The molecule has 1 heterocycles. The molecule has 0 atom stereocenters. The van der Waals surface area contributed by atoms with Gasteiger partial charge in [0.05, 0.1) is 10.7 Å². The third-order valence-electron chi connectivity index (χ3n) is 2.23. The molecule has 1 aromatic carbocycles. The van der Waals surface area contributed by atoms with E-state index >= 15 is 0 Å². The maximum absolute atomic E-state index is 5.67. The van der Waals surface area contributed by atoms with E-state index < -0.39 is 0 Å². The van der Waals surface area contributed by atoms with Gasteiger partial charge in [-0.05, 0) is 12.5 Å². The van der Waals surface area contributed by atoms with Gasteiger partial charge in [0.2, 0.25) is 0 Å². The first kappa shape index (κ1) is 12.1. The molecule has 0 saturated carbocycles. The minimum Gasteiger partial charge on any atom is -0.241 e. The fourth-order valence-electron chi connectivity index (χ4n) is 1.44. The van der Waals surface area contributed by atoms with Crippen LogP contribution in [0, 0.1) is 0 Å². The van der Waals surface area contributed by atoms with Gasteiger partial charge in [-0.1, -0.05) is 34.1 Å². The highest BCUT2D eigenvalue weighted by Gasteiger charge is 2.06. The van der Waals surface area contributed by atoms with E-state index in [0.717, 1.165) is 33.6 Å². The number of alkyl halides is 1. The lowest BCUT2D eigenvalue weighted by Crippen LogP contribution is -1.86. The van der Waals surface area contributed by atoms with E-state index in [2.05, 4.69) is 32.4 Å². The first-order valence-corrected chi connectivity index (χ1v) is 7.27. The van der Waals surface area contributed by atoms with Crippen LogP contribution < -0.4 is 0 Å². The number of hydrogen-bond acceptors (Lipinski definition) is 2. The number of benzene rings is 1. The van der Waals surface area contributed by atoms with E-state index in [4.69, 9.17) is 11.6 Å². The first-order chi connectivity index (χ1) is 7.81. The summed E-state index contributed by atoms with van der Waals surface area (Å²) in [5.74, 6) is 0.698. The standard InChI is InChI=1S/C12H11BrClNS/c13-10-5-2-1-4-9(10)11-8-16-12(15-11)6-3-7-14/h1-2,4-5,8H,3,6-7H2. The summed E-state index contributed by atoms with van der Waals surface area (Å²) in [4.78, 5) is 4.61. The monoisotopic (exact) mass is 315 g/mol. The van der Waals surface area contributed by atoms with Crippen LogP contribution in [0.1, 0.15) is 11.4 Å². The number of aryl methyl sites for hydroxylation is 1. The predicted molar refractivity (Wildman–Crippen MR) is 74.3 cm³/mol. The molecule has 0 saturated heterocycles. The third kappa shape index (κ3) is 2.84. The number of rotatable bonds is 4. The summed E-state index contributed by atoms with van der Waals surface area (Å²) >= 11 is 10.9. The molecule has 0 aliphatic rings. The van der Waals surface area contributed by atoms with Crippen LogP contribution in [-0.4, -0.2) is 10.9 Å².